The van der Waals surface area contributed by atoms with Crippen molar-refractivity contribution >= 4 is 23.3 Å². The molecule has 1 aromatic carbocycles. The maximum atomic E-state index is 11.3. The van der Waals surface area contributed by atoms with Crippen LogP contribution in [0.3, 0.4) is 0 Å². The average molecular weight is 248 g/mol. The minimum atomic E-state index is -0.332. The van der Waals surface area contributed by atoms with Crippen molar-refractivity contribution in [2.75, 3.05) is 12.4 Å². The number of anilines is 1. The fourth-order valence-electron chi connectivity index (χ4n) is 1.41. The van der Waals surface area contributed by atoms with Crippen molar-refractivity contribution < 1.29 is 14.4 Å². The smallest absolute Gasteiger partial charge is 0.231 e. The number of ketones is 1. The molecule has 2 amide bonds. The Morgan fingerprint density at radius 1 is 1.06 bits per heavy atom. The third-order valence-corrected chi connectivity index (χ3v) is 2.29. The summed E-state index contributed by atoms with van der Waals surface area (Å²) in [6.07, 6.45) is 0.179. The Hall–Kier alpha value is -2.17. The number of amides is 2. The number of hydrogen-bond acceptors (Lipinski definition) is 3. The third-order valence-electron chi connectivity index (χ3n) is 2.29. The minimum absolute atomic E-state index is 0.0663. The van der Waals surface area contributed by atoms with Gasteiger partial charge in [-0.05, 0) is 24.6 Å². The van der Waals surface area contributed by atoms with Crippen LogP contribution >= 0.6 is 0 Å². The zero-order valence-electron chi connectivity index (χ0n) is 10.4. The van der Waals surface area contributed by atoms with Gasteiger partial charge in [-0.2, -0.15) is 0 Å². The third kappa shape index (κ3) is 4.78. The van der Waals surface area contributed by atoms with Gasteiger partial charge in [0.2, 0.25) is 11.8 Å². The maximum Gasteiger partial charge on any atom is 0.231 e. The summed E-state index contributed by atoms with van der Waals surface area (Å²) in [5.74, 6) is -0.575. The first-order valence-electron chi connectivity index (χ1n) is 5.60. The summed E-state index contributed by atoms with van der Waals surface area (Å²) in [6, 6.07) is 6.93. The first kappa shape index (κ1) is 13.9. The highest BCUT2D eigenvalue weighted by molar-refractivity contribution is 6.03. The highest BCUT2D eigenvalue weighted by Crippen LogP contribution is 2.10. The van der Waals surface area contributed by atoms with Gasteiger partial charge < -0.3 is 10.6 Å². The van der Waals surface area contributed by atoms with Gasteiger partial charge >= 0.3 is 0 Å². The molecular weight excluding hydrogens is 232 g/mol. The molecule has 0 aliphatic rings. The first-order valence-corrected chi connectivity index (χ1v) is 5.60. The molecule has 0 bridgehead atoms. The zero-order valence-corrected chi connectivity index (χ0v) is 10.4. The van der Waals surface area contributed by atoms with E-state index in [1.54, 1.807) is 31.3 Å². The topological polar surface area (TPSA) is 75.3 Å². The van der Waals surface area contributed by atoms with Gasteiger partial charge in [-0.3, -0.25) is 14.4 Å². The second-order valence-corrected chi connectivity index (χ2v) is 3.97. The van der Waals surface area contributed by atoms with E-state index in [1.807, 2.05) is 0 Å². The summed E-state index contributed by atoms with van der Waals surface area (Å²) in [6.45, 7) is 1.37. The van der Waals surface area contributed by atoms with E-state index in [2.05, 4.69) is 10.6 Å². The fraction of sp³-hybridized carbons (Fsp3) is 0.308. The highest BCUT2D eigenvalue weighted by atomic mass is 16.2. The molecule has 0 aliphatic heterocycles. The predicted molar refractivity (Wildman–Crippen MR) is 68.1 cm³/mol. The van der Waals surface area contributed by atoms with Crippen LogP contribution in [0.15, 0.2) is 24.3 Å². The van der Waals surface area contributed by atoms with Crippen LogP contribution in [0.1, 0.15) is 18.9 Å². The lowest BCUT2D eigenvalue weighted by Crippen LogP contribution is -2.20. The molecule has 0 spiro atoms. The van der Waals surface area contributed by atoms with Gasteiger partial charge in [0, 0.05) is 12.7 Å². The number of benzene rings is 1. The molecule has 0 saturated heterocycles. The molecule has 5 heteroatoms. The molecule has 18 heavy (non-hydrogen) atoms. The van der Waals surface area contributed by atoms with E-state index in [0.717, 1.165) is 5.56 Å². The van der Waals surface area contributed by atoms with Crippen LogP contribution in [-0.2, 0) is 20.8 Å². The van der Waals surface area contributed by atoms with E-state index in [1.165, 1.54) is 6.92 Å². The Labute approximate surface area is 106 Å². The second-order valence-electron chi connectivity index (χ2n) is 3.97. The summed E-state index contributed by atoms with van der Waals surface area (Å²) in [5, 5.41) is 5.14. The molecule has 1 rings (SSSR count). The van der Waals surface area contributed by atoms with Crippen LogP contribution in [0, 0.1) is 0 Å². The first-order chi connectivity index (χ1) is 8.51. The number of carbonyl (C=O) groups is 3. The number of carbonyl (C=O) groups excluding carboxylic acids is 3. The van der Waals surface area contributed by atoms with E-state index >= 15 is 0 Å². The highest BCUT2D eigenvalue weighted by Gasteiger charge is 2.06. The predicted octanol–water partition coefficient (Wildman–Crippen LogP) is 0.893. The monoisotopic (exact) mass is 248 g/mol. The summed E-state index contributed by atoms with van der Waals surface area (Å²) >= 11 is 0. The molecule has 5 nitrogen and oxygen atoms in total. The summed E-state index contributed by atoms with van der Waals surface area (Å²) < 4.78 is 0. The van der Waals surface area contributed by atoms with Crippen LogP contribution in [0.5, 0.6) is 0 Å². The van der Waals surface area contributed by atoms with Crippen molar-refractivity contribution in [1.82, 2.24) is 5.32 Å². The zero-order chi connectivity index (χ0) is 13.5. The molecule has 0 fully saturated rings. The number of rotatable bonds is 5. The number of hydrogen-bond donors (Lipinski definition) is 2. The normalized spacial score (nSPS) is 9.67. The Morgan fingerprint density at radius 3 is 2.17 bits per heavy atom. The molecule has 0 saturated carbocycles. The van der Waals surface area contributed by atoms with E-state index in [9.17, 15) is 14.4 Å². The van der Waals surface area contributed by atoms with E-state index in [0.29, 0.717) is 12.1 Å². The quantitative estimate of drug-likeness (QED) is 0.760. The van der Waals surface area contributed by atoms with Gasteiger partial charge in [-0.1, -0.05) is 12.1 Å². The lowest BCUT2D eigenvalue weighted by molar-refractivity contribution is -0.124. The standard InChI is InChI=1S/C13H16N2O3/c1-9(16)7-13(18)15-11-5-3-10(4-6-11)8-12(17)14-2/h3-6H,7-8H2,1-2H3,(H,14,17)(H,15,18). The van der Waals surface area contributed by atoms with Crippen LogP contribution in [0.4, 0.5) is 5.69 Å². The molecule has 2 N–H and O–H groups in total. The minimum Gasteiger partial charge on any atom is -0.359 e. The van der Waals surface area contributed by atoms with Crippen LogP contribution < -0.4 is 10.6 Å². The SMILES string of the molecule is CNC(=O)Cc1ccc(NC(=O)CC(C)=O)cc1. The Kier molecular flexibility index (Phi) is 5.05. The molecular formula is C13H16N2O3. The fourth-order valence-corrected chi connectivity index (χ4v) is 1.41. The Balaban J connectivity index is 2.57. The molecule has 0 aromatic heterocycles. The Bertz CT molecular complexity index is 452. The number of Topliss-reactive ketones (excluding diaryl/α,β-unsaturated/α-hetero) is 1. The molecule has 0 unspecified atom stereocenters. The summed E-state index contributed by atoms with van der Waals surface area (Å²) in [5.41, 5.74) is 1.47. The van der Waals surface area contributed by atoms with Crippen molar-refractivity contribution in [1.29, 1.82) is 0 Å². The van der Waals surface area contributed by atoms with Crippen LogP contribution in [0.25, 0.3) is 0 Å². The molecule has 0 radical (unpaired) electrons. The van der Waals surface area contributed by atoms with Crippen LogP contribution in [0.2, 0.25) is 0 Å². The van der Waals surface area contributed by atoms with Crippen molar-refractivity contribution in [3.05, 3.63) is 29.8 Å². The van der Waals surface area contributed by atoms with Gasteiger partial charge in [0.05, 0.1) is 12.8 Å². The van der Waals surface area contributed by atoms with E-state index < -0.39 is 0 Å². The number of nitrogens with one attached hydrogen (secondary N) is 2. The summed E-state index contributed by atoms with van der Waals surface area (Å²) in [7, 11) is 1.58. The number of likely N-dealkylation sites (N-methyl/N-ethyl adjacent to an activating group) is 1. The van der Waals surface area contributed by atoms with E-state index in [4.69, 9.17) is 0 Å². The summed E-state index contributed by atoms with van der Waals surface area (Å²) in [4.78, 5) is 33.2. The lowest BCUT2D eigenvalue weighted by Gasteiger charge is -2.05. The van der Waals surface area contributed by atoms with Gasteiger partial charge in [-0.15, -0.1) is 0 Å². The van der Waals surface area contributed by atoms with Gasteiger partial charge in [-0.25, -0.2) is 0 Å². The van der Waals surface area contributed by atoms with Crippen LogP contribution in [-0.4, -0.2) is 24.6 Å². The van der Waals surface area contributed by atoms with Gasteiger partial charge in [0.15, 0.2) is 0 Å². The largest absolute Gasteiger partial charge is 0.359 e. The van der Waals surface area contributed by atoms with Gasteiger partial charge in [0.1, 0.15) is 5.78 Å². The van der Waals surface area contributed by atoms with Crippen molar-refractivity contribution in [2.45, 2.75) is 19.8 Å². The van der Waals surface area contributed by atoms with Crippen molar-refractivity contribution in [3.63, 3.8) is 0 Å². The lowest BCUT2D eigenvalue weighted by atomic mass is 10.1. The van der Waals surface area contributed by atoms with E-state index in [-0.39, 0.29) is 24.0 Å². The van der Waals surface area contributed by atoms with Crippen molar-refractivity contribution in [3.8, 4) is 0 Å². The molecule has 0 atom stereocenters. The molecule has 0 aliphatic carbocycles. The Morgan fingerprint density at radius 2 is 1.67 bits per heavy atom. The second kappa shape index (κ2) is 6.54. The van der Waals surface area contributed by atoms with Gasteiger partial charge in [0.25, 0.3) is 0 Å². The maximum absolute atomic E-state index is 11.3. The molecule has 1 aromatic rings. The molecule has 0 heterocycles. The average Bonchev–Trinajstić information content (AvgIpc) is 2.30. The van der Waals surface area contributed by atoms with Crippen molar-refractivity contribution in [2.24, 2.45) is 0 Å². The molecule has 96 valence electrons.